The van der Waals surface area contributed by atoms with Crippen molar-refractivity contribution in [1.82, 2.24) is 10.2 Å². The van der Waals surface area contributed by atoms with Gasteiger partial charge in [-0.2, -0.15) is 0 Å². The Hall–Kier alpha value is -1.35. The molecule has 1 heterocycles. The zero-order valence-corrected chi connectivity index (χ0v) is 12.7. The molecule has 20 heavy (non-hydrogen) atoms. The Morgan fingerprint density at radius 2 is 2.05 bits per heavy atom. The van der Waals surface area contributed by atoms with E-state index in [-0.39, 0.29) is 11.4 Å². The Morgan fingerprint density at radius 3 is 2.65 bits per heavy atom. The van der Waals surface area contributed by atoms with Crippen molar-refractivity contribution in [3.05, 3.63) is 35.9 Å². The lowest BCUT2D eigenvalue weighted by atomic mass is 9.89. The van der Waals surface area contributed by atoms with Crippen LogP contribution in [0.25, 0.3) is 0 Å². The van der Waals surface area contributed by atoms with Crippen LogP contribution in [0.2, 0.25) is 0 Å². The third-order valence-electron chi connectivity index (χ3n) is 4.27. The average Bonchev–Trinajstić information content (AvgIpc) is 2.49. The van der Waals surface area contributed by atoms with Gasteiger partial charge < -0.3 is 10.2 Å². The molecule has 1 amide bonds. The Balaban J connectivity index is 1.95. The summed E-state index contributed by atoms with van der Waals surface area (Å²) >= 11 is 0. The molecule has 0 aliphatic carbocycles. The fourth-order valence-electron chi connectivity index (χ4n) is 2.90. The van der Waals surface area contributed by atoms with E-state index in [1.54, 1.807) is 0 Å². The molecule has 0 bridgehead atoms. The van der Waals surface area contributed by atoms with Crippen molar-refractivity contribution in [2.45, 2.75) is 45.1 Å². The third kappa shape index (κ3) is 3.60. The molecule has 3 nitrogen and oxygen atoms in total. The van der Waals surface area contributed by atoms with Crippen LogP contribution in [0, 0.1) is 0 Å². The molecule has 1 aliphatic rings. The second-order valence-electron chi connectivity index (χ2n) is 5.84. The minimum atomic E-state index is -0.356. The standard InChI is InChI=1S/C17H26N2O/c1-3-19(14-11-15-9-5-4-6-10-15)16(20)17(2)12-7-8-13-18-17/h4-6,9-10,18H,3,7-8,11-14H2,1-2H3. The number of rotatable bonds is 5. The van der Waals surface area contributed by atoms with Crippen LogP contribution in [0.5, 0.6) is 0 Å². The summed E-state index contributed by atoms with van der Waals surface area (Å²) in [5.41, 5.74) is 0.936. The number of nitrogens with zero attached hydrogens (tertiary/aromatic N) is 1. The van der Waals surface area contributed by atoms with E-state index < -0.39 is 0 Å². The highest BCUT2D eigenvalue weighted by atomic mass is 16.2. The van der Waals surface area contributed by atoms with Crippen LogP contribution in [0.3, 0.4) is 0 Å². The predicted octanol–water partition coefficient (Wildman–Crippen LogP) is 2.61. The fourth-order valence-corrected chi connectivity index (χ4v) is 2.90. The predicted molar refractivity (Wildman–Crippen MR) is 82.7 cm³/mol. The zero-order valence-electron chi connectivity index (χ0n) is 12.7. The van der Waals surface area contributed by atoms with Crippen molar-refractivity contribution < 1.29 is 4.79 Å². The first-order chi connectivity index (χ1) is 9.65. The molecule has 0 radical (unpaired) electrons. The number of likely N-dealkylation sites (N-methyl/N-ethyl adjacent to an activating group) is 1. The molecular formula is C17H26N2O. The molecule has 0 spiro atoms. The smallest absolute Gasteiger partial charge is 0.242 e. The van der Waals surface area contributed by atoms with Gasteiger partial charge in [0.05, 0.1) is 5.54 Å². The molecule has 1 fully saturated rings. The maximum atomic E-state index is 12.7. The highest BCUT2D eigenvalue weighted by Crippen LogP contribution is 2.21. The second kappa shape index (κ2) is 6.89. The summed E-state index contributed by atoms with van der Waals surface area (Å²) < 4.78 is 0. The minimum Gasteiger partial charge on any atom is -0.341 e. The van der Waals surface area contributed by atoms with Gasteiger partial charge in [0.25, 0.3) is 0 Å². The van der Waals surface area contributed by atoms with E-state index in [0.29, 0.717) is 0 Å². The summed E-state index contributed by atoms with van der Waals surface area (Å²) in [6, 6.07) is 10.4. The summed E-state index contributed by atoms with van der Waals surface area (Å²) in [5, 5.41) is 3.42. The summed E-state index contributed by atoms with van der Waals surface area (Å²) in [7, 11) is 0. The largest absolute Gasteiger partial charge is 0.341 e. The van der Waals surface area contributed by atoms with Crippen molar-refractivity contribution in [1.29, 1.82) is 0 Å². The first-order valence-electron chi connectivity index (χ1n) is 7.74. The molecule has 1 saturated heterocycles. The molecule has 0 saturated carbocycles. The van der Waals surface area contributed by atoms with E-state index >= 15 is 0 Å². The molecule has 2 rings (SSSR count). The molecule has 1 aliphatic heterocycles. The van der Waals surface area contributed by atoms with Gasteiger partial charge in [-0.1, -0.05) is 30.3 Å². The fraction of sp³-hybridized carbons (Fsp3) is 0.588. The first-order valence-corrected chi connectivity index (χ1v) is 7.74. The van der Waals surface area contributed by atoms with Gasteiger partial charge in [-0.3, -0.25) is 4.79 Å². The van der Waals surface area contributed by atoms with E-state index in [1.807, 2.05) is 11.0 Å². The highest BCUT2D eigenvalue weighted by molar-refractivity contribution is 5.86. The Bertz CT molecular complexity index is 424. The van der Waals surface area contributed by atoms with Gasteiger partial charge in [0.2, 0.25) is 5.91 Å². The SMILES string of the molecule is CCN(CCc1ccccc1)C(=O)C1(C)CCCCN1. The summed E-state index contributed by atoms with van der Waals surface area (Å²) in [6.45, 7) is 6.66. The van der Waals surface area contributed by atoms with Gasteiger partial charge >= 0.3 is 0 Å². The molecule has 1 unspecified atom stereocenters. The average molecular weight is 274 g/mol. The topological polar surface area (TPSA) is 32.3 Å². The third-order valence-corrected chi connectivity index (χ3v) is 4.27. The van der Waals surface area contributed by atoms with E-state index in [4.69, 9.17) is 0 Å². The first kappa shape index (κ1) is 15.0. The van der Waals surface area contributed by atoms with Crippen LogP contribution >= 0.6 is 0 Å². The maximum Gasteiger partial charge on any atom is 0.242 e. The molecule has 0 aromatic heterocycles. The van der Waals surface area contributed by atoms with Gasteiger partial charge in [-0.25, -0.2) is 0 Å². The molecule has 3 heteroatoms. The number of benzene rings is 1. The molecular weight excluding hydrogens is 248 g/mol. The van der Waals surface area contributed by atoms with Gasteiger partial charge in [0.15, 0.2) is 0 Å². The number of nitrogens with one attached hydrogen (secondary N) is 1. The number of hydrogen-bond acceptors (Lipinski definition) is 2. The molecule has 110 valence electrons. The Morgan fingerprint density at radius 1 is 1.30 bits per heavy atom. The van der Waals surface area contributed by atoms with Gasteiger partial charge in [-0.15, -0.1) is 0 Å². The van der Waals surface area contributed by atoms with Gasteiger partial charge in [0.1, 0.15) is 0 Å². The van der Waals surface area contributed by atoms with Gasteiger partial charge in [-0.05, 0) is 51.6 Å². The van der Waals surface area contributed by atoms with Crippen LogP contribution in [-0.2, 0) is 11.2 Å². The lowest BCUT2D eigenvalue weighted by Crippen LogP contribution is -2.58. The normalized spacial score (nSPS) is 22.5. The monoisotopic (exact) mass is 274 g/mol. The summed E-state index contributed by atoms with van der Waals surface area (Å²) in [5.74, 6) is 0.260. The van der Waals surface area contributed by atoms with Crippen molar-refractivity contribution in [3.8, 4) is 0 Å². The van der Waals surface area contributed by atoms with Gasteiger partial charge in [0, 0.05) is 13.1 Å². The quantitative estimate of drug-likeness (QED) is 0.895. The number of carbonyl (C=O) groups is 1. The second-order valence-corrected chi connectivity index (χ2v) is 5.84. The number of amides is 1. The number of piperidine rings is 1. The Kier molecular flexibility index (Phi) is 5.18. The lowest BCUT2D eigenvalue weighted by molar-refractivity contribution is -0.138. The van der Waals surface area contributed by atoms with Crippen LogP contribution in [0.15, 0.2) is 30.3 Å². The minimum absolute atomic E-state index is 0.260. The summed E-state index contributed by atoms with van der Waals surface area (Å²) in [6.07, 6.45) is 4.20. The molecule has 1 aromatic rings. The van der Waals surface area contributed by atoms with Crippen LogP contribution in [0.1, 0.15) is 38.7 Å². The molecule has 1 atom stereocenters. The van der Waals surface area contributed by atoms with E-state index in [2.05, 4.69) is 43.4 Å². The van der Waals surface area contributed by atoms with E-state index in [0.717, 1.165) is 38.9 Å². The van der Waals surface area contributed by atoms with Crippen molar-refractivity contribution >= 4 is 5.91 Å². The van der Waals surface area contributed by atoms with Crippen LogP contribution in [0.4, 0.5) is 0 Å². The highest BCUT2D eigenvalue weighted by Gasteiger charge is 2.36. The lowest BCUT2D eigenvalue weighted by Gasteiger charge is -2.37. The van der Waals surface area contributed by atoms with E-state index in [9.17, 15) is 4.79 Å². The van der Waals surface area contributed by atoms with E-state index in [1.165, 1.54) is 12.0 Å². The van der Waals surface area contributed by atoms with Crippen LogP contribution in [-0.4, -0.2) is 36.0 Å². The van der Waals surface area contributed by atoms with Crippen molar-refractivity contribution in [2.75, 3.05) is 19.6 Å². The summed E-state index contributed by atoms with van der Waals surface area (Å²) in [4.78, 5) is 14.7. The maximum absolute atomic E-state index is 12.7. The number of carbonyl (C=O) groups excluding carboxylic acids is 1. The zero-order chi connectivity index (χ0) is 14.4. The van der Waals surface area contributed by atoms with Crippen LogP contribution < -0.4 is 5.32 Å². The molecule has 1 aromatic carbocycles. The Labute approximate surface area is 122 Å². The number of hydrogen-bond donors (Lipinski definition) is 1. The molecule has 1 N–H and O–H groups in total. The van der Waals surface area contributed by atoms with Crippen molar-refractivity contribution in [3.63, 3.8) is 0 Å². The van der Waals surface area contributed by atoms with Crippen molar-refractivity contribution in [2.24, 2.45) is 0 Å².